The molecule has 0 radical (unpaired) electrons. The Morgan fingerprint density at radius 1 is 0.739 bits per heavy atom. The minimum absolute atomic E-state index is 0.274. The van der Waals surface area contributed by atoms with Crippen LogP contribution in [0.2, 0.25) is 0 Å². The van der Waals surface area contributed by atoms with Gasteiger partial charge in [0.15, 0.2) is 0 Å². The van der Waals surface area contributed by atoms with Crippen molar-refractivity contribution >= 4 is 22.1 Å². The van der Waals surface area contributed by atoms with Crippen LogP contribution in [0.25, 0.3) is 10.8 Å². The van der Waals surface area contributed by atoms with E-state index >= 15 is 0 Å². The molecule has 0 aliphatic rings. The smallest absolute Gasteiger partial charge is 0.276 e. The van der Waals surface area contributed by atoms with Crippen LogP contribution in [0.4, 0.5) is 11.4 Å². The van der Waals surface area contributed by atoms with E-state index in [2.05, 4.69) is 0 Å². The number of nitrogens with zero attached hydrogens (tertiary/aromatic N) is 2. The van der Waals surface area contributed by atoms with Crippen LogP contribution >= 0.6 is 0 Å². The van der Waals surface area contributed by atoms with Crippen LogP contribution in [-0.4, -0.2) is 15.0 Å². The standard InChI is InChI=1S/C10H8O.C6H4N2O4/c11-10-7-3-5-8-4-1-2-6-9(8)10;9-7(10)5-2-1-3-6(4-5)8(11)12/h1-7,11H;1-4H. The van der Waals surface area contributed by atoms with Crippen molar-refractivity contribution in [1.29, 1.82) is 0 Å². The lowest BCUT2D eigenvalue weighted by Crippen LogP contribution is -1.91. The van der Waals surface area contributed by atoms with E-state index in [-0.39, 0.29) is 11.4 Å². The summed E-state index contributed by atoms with van der Waals surface area (Å²) in [5, 5.41) is 31.7. The van der Waals surface area contributed by atoms with Gasteiger partial charge >= 0.3 is 0 Å². The van der Waals surface area contributed by atoms with Crippen molar-refractivity contribution in [3.8, 4) is 5.75 Å². The van der Waals surface area contributed by atoms with Crippen molar-refractivity contribution in [2.24, 2.45) is 0 Å². The van der Waals surface area contributed by atoms with E-state index < -0.39 is 9.85 Å². The van der Waals surface area contributed by atoms with Gasteiger partial charge in [0.25, 0.3) is 11.4 Å². The summed E-state index contributed by atoms with van der Waals surface area (Å²) < 4.78 is 0. The van der Waals surface area contributed by atoms with E-state index in [1.54, 1.807) is 6.07 Å². The molecule has 7 heteroatoms. The molecule has 0 saturated carbocycles. The molecule has 7 nitrogen and oxygen atoms in total. The summed E-state index contributed by atoms with van der Waals surface area (Å²) in [6.07, 6.45) is 0. The molecule has 23 heavy (non-hydrogen) atoms. The van der Waals surface area contributed by atoms with Gasteiger partial charge in [0.2, 0.25) is 0 Å². The Morgan fingerprint density at radius 3 is 1.83 bits per heavy atom. The van der Waals surface area contributed by atoms with E-state index in [0.29, 0.717) is 5.75 Å². The molecule has 0 aromatic heterocycles. The lowest BCUT2D eigenvalue weighted by atomic mass is 10.1. The number of hydrogen-bond acceptors (Lipinski definition) is 5. The predicted octanol–water partition coefficient (Wildman–Crippen LogP) is 4.05. The zero-order valence-corrected chi connectivity index (χ0v) is 11.8. The lowest BCUT2D eigenvalue weighted by molar-refractivity contribution is -0.394. The second-order valence-corrected chi connectivity index (χ2v) is 4.53. The Bertz CT molecular complexity index is 829. The van der Waals surface area contributed by atoms with Gasteiger partial charge in [-0.15, -0.1) is 0 Å². The number of phenolic OH excluding ortho intramolecular Hbond substituents is 1. The maximum absolute atomic E-state index is 10.2. The minimum atomic E-state index is -0.674. The van der Waals surface area contributed by atoms with Gasteiger partial charge in [-0.3, -0.25) is 20.2 Å². The van der Waals surface area contributed by atoms with Crippen LogP contribution in [-0.2, 0) is 0 Å². The van der Waals surface area contributed by atoms with Crippen LogP contribution in [0.5, 0.6) is 5.75 Å². The molecule has 0 amide bonds. The second-order valence-electron chi connectivity index (χ2n) is 4.53. The highest BCUT2D eigenvalue weighted by atomic mass is 16.6. The first kappa shape index (κ1) is 15.9. The van der Waals surface area contributed by atoms with Gasteiger partial charge in [0, 0.05) is 17.5 Å². The number of nitro benzene ring substituents is 2. The Labute approximate surface area is 130 Å². The van der Waals surface area contributed by atoms with Crippen molar-refractivity contribution in [2.45, 2.75) is 0 Å². The first-order chi connectivity index (χ1) is 11.0. The van der Waals surface area contributed by atoms with E-state index in [1.807, 2.05) is 36.4 Å². The van der Waals surface area contributed by atoms with Crippen molar-refractivity contribution < 1.29 is 15.0 Å². The maximum Gasteiger partial charge on any atom is 0.276 e. The van der Waals surface area contributed by atoms with Gasteiger partial charge in [-0.25, -0.2) is 0 Å². The summed E-state index contributed by atoms with van der Waals surface area (Å²) in [5.74, 6) is 0.350. The van der Waals surface area contributed by atoms with Gasteiger partial charge in [-0.05, 0) is 17.5 Å². The molecule has 116 valence electrons. The highest BCUT2D eigenvalue weighted by Gasteiger charge is 2.11. The number of non-ortho nitro benzene ring substituents is 2. The molecule has 1 N–H and O–H groups in total. The molecule has 0 spiro atoms. The fourth-order valence-corrected chi connectivity index (χ4v) is 1.93. The first-order valence-electron chi connectivity index (χ1n) is 6.54. The Kier molecular flexibility index (Phi) is 4.83. The van der Waals surface area contributed by atoms with E-state index in [1.165, 1.54) is 18.2 Å². The maximum atomic E-state index is 10.2. The van der Waals surface area contributed by atoms with Crippen molar-refractivity contribution in [3.05, 3.63) is 87.0 Å². The van der Waals surface area contributed by atoms with Crippen LogP contribution < -0.4 is 0 Å². The number of nitro groups is 2. The molecule has 0 unspecified atom stereocenters. The fraction of sp³-hybridized carbons (Fsp3) is 0. The molecule has 0 heterocycles. The Morgan fingerprint density at radius 2 is 1.26 bits per heavy atom. The molecular weight excluding hydrogens is 300 g/mol. The largest absolute Gasteiger partial charge is 0.507 e. The van der Waals surface area contributed by atoms with Gasteiger partial charge in [-0.2, -0.15) is 0 Å². The average Bonchev–Trinajstić information content (AvgIpc) is 2.56. The molecule has 0 fully saturated rings. The number of aromatic hydroxyl groups is 1. The summed E-state index contributed by atoms with van der Waals surface area (Å²) in [7, 11) is 0. The number of phenols is 1. The average molecular weight is 312 g/mol. The summed E-state index contributed by atoms with van der Waals surface area (Å²) in [6.45, 7) is 0. The van der Waals surface area contributed by atoms with E-state index in [4.69, 9.17) is 0 Å². The van der Waals surface area contributed by atoms with Gasteiger partial charge in [0.05, 0.1) is 15.9 Å². The van der Waals surface area contributed by atoms with Gasteiger partial charge < -0.3 is 5.11 Å². The van der Waals surface area contributed by atoms with Crippen molar-refractivity contribution in [2.75, 3.05) is 0 Å². The molecule has 0 bridgehead atoms. The Hall–Kier alpha value is -3.48. The zero-order valence-electron chi connectivity index (χ0n) is 11.8. The van der Waals surface area contributed by atoms with Crippen LogP contribution in [0.3, 0.4) is 0 Å². The highest BCUT2D eigenvalue weighted by molar-refractivity contribution is 5.87. The van der Waals surface area contributed by atoms with Crippen molar-refractivity contribution in [1.82, 2.24) is 0 Å². The van der Waals surface area contributed by atoms with Crippen molar-refractivity contribution in [3.63, 3.8) is 0 Å². The molecule has 0 saturated heterocycles. The van der Waals surface area contributed by atoms with E-state index in [0.717, 1.165) is 16.8 Å². The second kappa shape index (κ2) is 6.99. The van der Waals surface area contributed by atoms with Crippen LogP contribution in [0, 0.1) is 20.2 Å². The van der Waals surface area contributed by atoms with Gasteiger partial charge in [-0.1, -0.05) is 36.4 Å². The molecule has 0 atom stereocenters. The molecule has 0 aliphatic heterocycles. The summed E-state index contributed by atoms with van der Waals surface area (Å²) in [4.78, 5) is 19.0. The Balaban J connectivity index is 0.000000167. The fourth-order valence-electron chi connectivity index (χ4n) is 1.93. The first-order valence-corrected chi connectivity index (χ1v) is 6.54. The minimum Gasteiger partial charge on any atom is -0.507 e. The number of hydrogen-bond donors (Lipinski definition) is 1. The number of benzene rings is 3. The topological polar surface area (TPSA) is 107 Å². The summed E-state index contributed by atoms with van der Waals surface area (Å²) in [5.41, 5.74) is -0.548. The zero-order chi connectivity index (χ0) is 16.8. The molecule has 3 rings (SSSR count). The predicted molar refractivity (Wildman–Crippen MR) is 85.4 cm³/mol. The third-order valence-corrected chi connectivity index (χ3v) is 3.02. The lowest BCUT2D eigenvalue weighted by Gasteiger charge is -1.97. The normalized spacial score (nSPS) is 9.74. The molecule has 0 aliphatic carbocycles. The van der Waals surface area contributed by atoms with E-state index in [9.17, 15) is 25.3 Å². The summed E-state index contributed by atoms with van der Waals surface area (Å²) in [6, 6.07) is 17.9. The highest BCUT2D eigenvalue weighted by Crippen LogP contribution is 2.23. The third kappa shape index (κ3) is 4.01. The number of rotatable bonds is 2. The monoisotopic (exact) mass is 312 g/mol. The number of fused-ring (bicyclic) bond motifs is 1. The molecule has 3 aromatic carbocycles. The molecule has 3 aromatic rings. The third-order valence-electron chi connectivity index (χ3n) is 3.02. The quantitative estimate of drug-likeness (QED) is 0.567. The van der Waals surface area contributed by atoms with Gasteiger partial charge in [0.1, 0.15) is 5.75 Å². The molecular formula is C16H12N2O5. The SMILES string of the molecule is O=[N+]([O-])c1cccc([N+](=O)[O-])c1.Oc1cccc2ccccc12. The van der Waals surface area contributed by atoms with Crippen LogP contribution in [0.15, 0.2) is 66.7 Å². The van der Waals surface area contributed by atoms with Crippen LogP contribution in [0.1, 0.15) is 0 Å². The summed E-state index contributed by atoms with van der Waals surface area (Å²) >= 11 is 0.